The van der Waals surface area contributed by atoms with Crippen molar-refractivity contribution in [2.24, 2.45) is 5.73 Å². The number of halogens is 2. The number of nitrogens with one attached hydrogen (secondary N) is 1. The van der Waals surface area contributed by atoms with E-state index in [1.54, 1.807) is 30.3 Å². The minimum absolute atomic E-state index is 0. The Labute approximate surface area is 118 Å². The molecule has 5 nitrogen and oxygen atoms in total. The summed E-state index contributed by atoms with van der Waals surface area (Å²) in [6.45, 7) is 0. The molecule has 0 bridgehead atoms. The fourth-order valence-corrected chi connectivity index (χ4v) is 1.59. The smallest absolute Gasteiger partial charge is 0.290 e. The number of hydrogen-bond acceptors (Lipinski definition) is 4. The van der Waals surface area contributed by atoms with Gasteiger partial charge in [-0.25, -0.2) is 0 Å². The Morgan fingerprint density at radius 2 is 1.88 bits per heavy atom. The highest BCUT2D eigenvalue weighted by molar-refractivity contribution is 8.93. The molecule has 0 amide bonds. The predicted octanol–water partition coefficient (Wildman–Crippen LogP) is 2.74. The van der Waals surface area contributed by atoms with Crippen LogP contribution in [0, 0.1) is 15.5 Å². The lowest BCUT2D eigenvalue weighted by Gasteiger charge is -2.07. The van der Waals surface area contributed by atoms with Gasteiger partial charge in [-0.05, 0) is 11.8 Å². The summed E-state index contributed by atoms with van der Waals surface area (Å²) in [5.74, 6) is 0. The fraction of sp³-hybridized carbons (Fsp3) is 0.125. The summed E-state index contributed by atoms with van der Waals surface area (Å²) in [6.07, 6.45) is 0. The molecular weight excluding hydrogens is 362 g/mol. The van der Waals surface area contributed by atoms with Crippen LogP contribution in [0.15, 0.2) is 30.3 Å². The van der Waals surface area contributed by atoms with Crippen LogP contribution in [-0.4, -0.2) is 10.1 Å². The van der Waals surface area contributed by atoms with Crippen molar-refractivity contribution >= 4 is 50.9 Å². The largest absolute Gasteiger partial charge is 0.379 e. The average Bonchev–Trinajstić information content (AvgIpc) is 2.15. The summed E-state index contributed by atoms with van der Waals surface area (Å²) in [5.41, 5.74) is 5.65. The molecule has 1 unspecified atom stereocenters. The van der Waals surface area contributed by atoms with E-state index in [-0.39, 0.29) is 39.1 Å². The second-order valence-electron chi connectivity index (χ2n) is 2.53. The summed E-state index contributed by atoms with van der Waals surface area (Å²) >= 11 is 0.723. The molecule has 0 spiro atoms. The van der Waals surface area contributed by atoms with Gasteiger partial charge >= 0.3 is 0 Å². The Kier molecular flexibility index (Phi) is 9.49. The number of thioether (sulfide) groups is 1. The first-order chi connectivity index (χ1) is 6.61. The Morgan fingerprint density at radius 1 is 1.38 bits per heavy atom. The first-order valence-electron chi connectivity index (χ1n) is 3.80. The number of rotatable bonds is 3. The Bertz CT molecular complexity index is 350. The number of nitrogens with two attached hydrogens (primary N) is 1. The number of nitro groups is 1. The third kappa shape index (κ3) is 5.47. The van der Waals surface area contributed by atoms with Crippen LogP contribution in [0.1, 0.15) is 10.9 Å². The molecule has 0 radical (unpaired) electrons. The van der Waals surface area contributed by atoms with Crippen molar-refractivity contribution in [3.05, 3.63) is 46.0 Å². The van der Waals surface area contributed by atoms with E-state index in [1.165, 1.54) is 0 Å². The van der Waals surface area contributed by atoms with Crippen molar-refractivity contribution in [2.75, 3.05) is 0 Å². The molecule has 3 N–H and O–H groups in total. The molecule has 1 aromatic rings. The first-order valence-corrected chi connectivity index (χ1v) is 4.68. The van der Waals surface area contributed by atoms with Gasteiger partial charge in [0.05, 0.1) is 0 Å². The summed E-state index contributed by atoms with van der Waals surface area (Å²) in [7, 11) is 0. The van der Waals surface area contributed by atoms with Gasteiger partial charge in [0.1, 0.15) is 0 Å². The van der Waals surface area contributed by atoms with Crippen LogP contribution in [0.2, 0.25) is 0 Å². The minimum Gasteiger partial charge on any atom is -0.379 e. The highest BCUT2D eigenvalue weighted by Crippen LogP contribution is 2.28. The zero-order valence-electron chi connectivity index (χ0n) is 8.03. The number of benzene rings is 1. The van der Waals surface area contributed by atoms with Crippen LogP contribution < -0.4 is 5.73 Å². The van der Waals surface area contributed by atoms with Gasteiger partial charge in [-0.1, -0.05) is 30.3 Å². The maximum absolute atomic E-state index is 10.7. The van der Waals surface area contributed by atoms with Gasteiger partial charge in [0.2, 0.25) is 0 Å². The standard InChI is InChI=1S/C8H9N3O2S.2BrH/c9-8(10)14-7(11(12)13)6-4-2-1-3-5-6;;/h1-5,7H,(H3,9,10);2*1H. The quantitative estimate of drug-likeness (QED) is 0.280. The second kappa shape index (κ2) is 8.54. The molecule has 90 valence electrons. The zero-order valence-corrected chi connectivity index (χ0v) is 12.3. The number of nitrogens with zero attached hydrogens (tertiary/aromatic N) is 1. The monoisotopic (exact) mass is 371 g/mol. The average molecular weight is 373 g/mol. The van der Waals surface area contributed by atoms with Gasteiger partial charge in [-0.15, -0.1) is 34.0 Å². The molecule has 0 fully saturated rings. The van der Waals surface area contributed by atoms with Crippen LogP contribution in [0.3, 0.4) is 0 Å². The second-order valence-corrected chi connectivity index (χ2v) is 3.65. The maximum atomic E-state index is 10.7. The highest BCUT2D eigenvalue weighted by atomic mass is 79.9. The lowest BCUT2D eigenvalue weighted by atomic mass is 10.2. The third-order valence-electron chi connectivity index (χ3n) is 1.51. The Hall–Kier alpha value is -0.600. The minimum atomic E-state index is -0.992. The molecule has 1 rings (SSSR count). The van der Waals surface area contributed by atoms with Gasteiger partial charge in [0.25, 0.3) is 5.37 Å². The van der Waals surface area contributed by atoms with Gasteiger partial charge in [0.15, 0.2) is 5.17 Å². The first kappa shape index (κ1) is 17.8. The van der Waals surface area contributed by atoms with E-state index >= 15 is 0 Å². The molecule has 0 saturated heterocycles. The summed E-state index contributed by atoms with van der Waals surface area (Å²) in [4.78, 5) is 10.2. The van der Waals surface area contributed by atoms with E-state index in [0.717, 1.165) is 11.8 Å². The fourth-order valence-electron chi connectivity index (χ4n) is 0.971. The number of hydrogen-bond donors (Lipinski definition) is 2. The van der Waals surface area contributed by atoms with E-state index in [0.29, 0.717) is 5.56 Å². The molecule has 8 heteroatoms. The third-order valence-corrected chi connectivity index (χ3v) is 2.44. The molecule has 1 aromatic carbocycles. The zero-order chi connectivity index (χ0) is 10.6. The van der Waals surface area contributed by atoms with Crippen LogP contribution in [0.4, 0.5) is 0 Å². The Morgan fingerprint density at radius 3 is 2.25 bits per heavy atom. The Balaban J connectivity index is 0. The molecule has 0 heterocycles. The van der Waals surface area contributed by atoms with Gasteiger partial charge in [-0.2, -0.15) is 0 Å². The van der Waals surface area contributed by atoms with Crippen LogP contribution in [0.25, 0.3) is 0 Å². The van der Waals surface area contributed by atoms with E-state index < -0.39 is 10.3 Å². The normalized spacial score (nSPS) is 10.5. The molecule has 0 aromatic heterocycles. The summed E-state index contributed by atoms with van der Waals surface area (Å²) in [5, 5.41) is 16.4. The van der Waals surface area contributed by atoms with Crippen molar-refractivity contribution in [2.45, 2.75) is 5.37 Å². The lowest BCUT2D eigenvalue weighted by molar-refractivity contribution is -0.500. The van der Waals surface area contributed by atoms with Crippen molar-refractivity contribution in [1.29, 1.82) is 5.41 Å². The molecular formula is C8H11Br2N3O2S. The van der Waals surface area contributed by atoms with Crippen LogP contribution in [0.5, 0.6) is 0 Å². The van der Waals surface area contributed by atoms with Gasteiger partial charge in [-0.3, -0.25) is 15.5 Å². The van der Waals surface area contributed by atoms with E-state index in [9.17, 15) is 10.1 Å². The predicted molar refractivity (Wildman–Crippen MR) is 76.3 cm³/mol. The van der Waals surface area contributed by atoms with Crippen molar-refractivity contribution < 1.29 is 4.92 Å². The summed E-state index contributed by atoms with van der Waals surface area (Å²) in [6, 6.07) is 8.49. The van der Waals surface area contributed by atoms with Gasteiger partial charge in [0, 0.05) is 10.5 Å². The molecule has 0 saturated carbocycles. The van der Waals surface area contributed by atoms with Crippen molar-refractivity contribution in [3.8, 4) is 0 Å². The van der Waals surface area contributed by atoms with Gasteiger partial charge < -0.3 is 5.73 Å². The van der Waals surface area contributed by atoms with E-state index in [4.69, 9.17) is 11.1 Å². The molecule has 0 aliphatic rings. The molecule has 16 heavy (non-hydrogen) atoms. The molecule has 0 aliphatic heterocycles. The van der Waals surface area contributed by atoms with Crippen molar-refractivity contribution in [1.82, 2.24) is 0 Å². The van der Waals surface area contributed by atoms with Crippen LogP contribution in [-0.2, 0) is 0 Å². The lowest BCUT2D eigenvalue weighted by Crippen LogP contribution is -2.13. The maximum Gasteiger partial charge on any atom is 0.290 e. The molecule has 1 atom stereocenters. The summed E-state index contributed by atoms with van der Waals surface area (Å²) < 4.78 is 0. The van der Waals surface area contributed by atoms with E-state index in [2.05, 4.69) is 0 Å². The topological polar surface area (TPSA) is 93.0 Å². The highest BCUT2D eigenvalue weighted by Gasteiger charge is 2.24. The number of amidine groups is 1. The van der Waals surface area contributed by atoms with E-state index in [1.807, 2.05) is 0 Å². The van der Waals surface area contributed by atoms with Crippen LogP contribution >= 0.6 is 45.7 Å². The van der Waals surface area contributed by atoms with Crippen molar-refractivity contribution in [3.63, 3.8) is 0 Å². The molecule has 0 aliphatic carbocycles. The SMILES string of the molecule is Br.Br.N=C(N)SC(c1ccccc1)[N+](=O)[O-].